The average molecular weight is 512 g/mol. The van der Waals surface area contributed by atoms with Crippen LogP contribution in [-0.4, -0.2) is 65.3 Å². The van der Waals surface area contributed by atoms with Gasteiger partial charge >= 0.3 is 12.1 Å². The number of carboxylic acids is 1. The highest BCUT2D eigenvalue weighted by Crippen LogP contribution is 2.33. The van der Waals surface area contributed by atoms with Gasteiger partial charge in [0.1, 0.15) is 5.75 Å². The number of carboxylic acid groups (broad SMARTS) is 1. The summed E-state index contributed by atoms with van der Waals surface area (Å²) >= 11 is 0. The Balaban J connectivity index is 0.000000454. The van der Waals surface area contributed by atoms with Crippen molar-refractivity contribution < 1.29 is 46.1 Å². The van der Waals surface area contributed by atoms with Crippen molar-refractivity contribution in [3.63, 3.8) is 0 Å². The first-order chi connectivity index (χ1) is 16.9. The highest BCUT2D eigenvalue weighted by Gasteiger charge is 2.47. The lowest BCUT2D eigenvalue weighted by Crippen LogP contribution is -2.55. The highest BCUT2D eigenvalue weighted by atomic mass is 19.4. The number of alkyl halides is 5. The molecule has 2 heterocycles. The SMILES string of the molecule is COc1ccccc1C(=O)N1CCC(F)(F)C(Oc2ccc3ccccc3n2)C1.O=C(O)C(F)(F)F. The van der Waals surface area contributed by atoms with Crippen LogP contribution < -0.4 is 9.47 Å². The van der Waals surface area contributed by atoms with E-state index in [1.54, 1.807) is 42.5 Å². The number of likely N-dealkylation sites (tertiary alicyclic amines) is 1. The smallest absolute Gasteiger partial charge is 0.490 e. The van der Waals surface area contributed by atoms with Crippen molar-refractivity contribution in [1.82, 2.24) is 9.88 Å². The molecule has 12 heteroatoms. The van der Waals surface area contributed by atoms with E-state index in [1.165, 1.54) is 12.0 Å². The molecule has 1 atom stereocenters. The molecule has 7 nitrogen and oxygen atoms in total. The van der Waals surface area contributed by atoms with E-state index >= 15 is 0 Å². The lowest BCUT2D eigenvalue weighted by molar-refractivity contribution is -0.192. The van der Waals surface area contributed by atoms with Gasteiger partial charge in [-0.3, -0.25) is 4.79 Å². The molecule has 1 amide bonds. The Bertz CT molecular complexity index is 1230. The van der Waals surface area contributed by atoms with Crippen LogP contribution in [0.3, 0.4) is 0 Å². The fourth-order valence-corrected chi connectivity index (χ4v) is 3.43. The number of para-hydroxylation sites is 2. The molecule has 0 spiro atoms. The zero-order valence-corrected chi connectivity index (χ0v) is 18.8. The van der Waals surface area contributed by atoms with Crippen molar-refractivity contribution >= 4 is 22.8 Å². The topological polar surface area (TPSA) is 89.0 Å². The van der Waals surface area contributed by atoms with Crippen LogP contribution in [0, 0.1) is 0 Å². The van der Waals surface area contributed by atoms with Crippen molar-refractivity contribution in [1.29, 1.82) is 0 Å². The number of carbonyl (C=O) groups excluding carboxylic acids is 1. The van der Waals surface area contributed by atoms with E-state index in [0.29, 0.717) is 16.8 Å². The van der Waals surface area contributed by atoms with Crippen molar-refractivity contribution in [2.24, 2.45) is 0 Å². The normalized spacial score (nSPS) is 17.1. The Hall–Kier alpha value is -3.96. The molecule has 1 N–H and O–H groups in total. The van der Waals surface area contributed by atoms with E-state index in [9.17, 15) is 26.7 Å². The quantitative estimate of drug-likeness (QED) is 0.505. The van der Waals surface area contributed by atoms with Gasteiger partial charge in [-0.15, -0.1) is 0 Å². The molecule has 1 unspecified atom stereocenters. The number of amides is 1. The minimum atomic E-state index is -5.08. The van der Waals surface area contributed by atoms with Gasteiger partial charge in [-0.05, 0) is 24.3 Å². The van der Waals surface area contributed by atoms with Crippen LogP contribution in [0.5, 0.6) is 11.6 Å². The third-order valence-corrected chi connectivity index (χ3v) is 5.28. The second-order valence-electron chi connectivity index (χ2n) is 7.71. The molecule has 1 aliphatic rings. The largest absolute Gasteiger partial charge is 0.496 e. The summed E-state index contributed by atoms with van der Waals surface area (Å²) in [4.78, 5) is 27.5. The lowest BCUT2D eigenvalue weighted by atomic mass is 10.0. The Morgan fingerprint density at radius 2 is 1.69 bits per heavy atom. The lowest BCUT2D eigenvalue weighted by Gasteiger charge is -2.38. The zero-order chi connectivity index (χ0) is 26.5. The molecule has 1 aromatic heterocycles. The predicted octanol–water partition coefficient (Wildman–Crippen LogP) is 4.81. The van der Waals surface area contributed by atoms with Crippen LogP contribution in [0.2, 0.25) is 0 Å². The molecule has 192 valence electrons. The molecule has 0 saturated carbocycles. The van der Waals surface area contributed by atoms with Gasteiger partial charge in [0.25, 0.3) is 11.8 Å². The number of hydrogen-bond acceptors (Lipinski definition) is 5. The number of nitrogens with zero attached hydrogens (tertiary/aromatic N) is 2. The van der Waals surface area contributed by atoms with Crippen LogP contribution in [0.15, 0.2) is 60.7 Å². The number of methoxy groups -OCH3 is 1. The van der Waals surface area contributed by atoms with Gasteiger partial charge in [-0.2, -0.15) is 13.2 Å². The minimum Gasteiger partial charge on any atom is -0.496 e. The second-order valence-corrected chi connectivity index (χ2v) is 7.71. The standard InChI is InChI=1S/C22H20F2N2O3.C2HF3O2/c1-28-18-9-5-3-7-16(18)21(27)26-13-12-22(23,24)19(14-26)29-20-11-10-15-6-2-4-8-17(15)25-20;3-2(4,5)1(6)7/h2-11,19H,12-14H2,1H3;(H,6,7). The first kappa shape index (κ1) is 26.6. The van der Waals surface area contributed by atoms with Gasteiger partial charge < -0.3 is 19.5 Å². The molecule has 4 rings (SSSR count). The number of hydrogen-bond donors (Lipinski definition) is 1. The van der Waals surface area contributed by atoms with Crippen LogP contribution in [0.1, 0.15) is 16.8 Å². The fourth-order valence-electron chi connectivity index (χ4n) is 3.43. The van der Waals surface area contributed by atoms with E-state index in [1.807, 2.05) is 18.2 Å². The number of fused-ring (bicyclic) bond motifs is 1. The van der Waals surface area contributed by atoms with Gasteiger partial charge in [-0.25, -0.2) is 18.6 Å². The molecule has 1 fully saturated rings. The second kappa shape index (κ2) is 10.8. The maximum Gasteiger partial charge on any atom is 0.490 e. The van der Waals surface area contributed by atoms with Gasteiger partial charge in [0.2, 0.25) is 5.88 Å². The zero-order valence-electron chi connectivity index (χ0n) is 18.8. The van der Waals surface area contributed by atoms with Crippen LogP contribution in [0.25, 0.3) is 10.9 Å². The summed E-state index contributed by atoms with van der Waals surface area (Å²) in [5.41, 5.74) is 0.994. The number of aromatic nitrogens is 1. The summed E-state index contributed by atoms with van der Waals surface area (Å²) in [5, 5.41) is 8.02. The predicted molar refractivity (Wildman–Crippen MR) is 118 cm³/mol. The summed E-state index contributed by atoms with van der Waals surface area (Å²) in [6.07, 6.45) is -7.05. The average Bonchev–Trinajstić information content (AvgIpc) is 2.84. The minimum absolute atomic E-state index is 0.0606. The van der Waals surface area contributed by atoms with Gasteiger partial charge in [0.05, 0.1) is 24.7 Å². The van der Waals surface area contributed by atoms with E-state index in [2.05, 4.69) is 4.98 Å². The molecular weight excluding hydrogens is 491 g/mol. The molecule has 1 saturated heterocycles. The number of pyridine rings is 1. The fraction of sp³-hybridized carbons (Fsp3) is 0.292. The molecule has 0 aliphatic carbocycles. The number of benzene rings is 2. The monoisotopic (exact) mass is 512 g/mol. The van der Waals surface area contributed by atoms with Crippen LogP contribution in [0.4, 0.5) is 22.0 Å². The van der Waals surface area contributed by atoms with Crippen molar-refractivity contribution in [3.05, 3.63) is 66.2 Å². The third-order valence-electron chi connectivity index (χ3n) is 5.28. The molecule has 0 bridgehead atoms. The molecule has 3 aromatic rings. The number of piperidine rings is 1. The maximum atomic E-state index is 14.5. The van der Waals surface area contributed by atoms with Crippen molar-refractivity contribution in [2.75, 3.05) is 20.2 Å². The number of aliphatic carboxylic acids is 1. The van der Waals surface area contributed by atoms with Gasteiger partial charge in [-0.1, -0.05) is 30.3 Å². The summed E-state index contributed by atoms with van der Waals surface area (Å²) in [5.74, 6) is -5.67. The Morgan fingerprint density at radius 1 is 1.06 bits per heavy atom. The van der Waals surface area contributed by atoms with E-state index < -0.39 is 30.6 Å². The number of ether oxygens (including phenoxy) is 2. The Kier molecular flexibility index (Phi) is 7.96. The van der Waals surface area contributed by atoms with E-state index in [0.717, 1.165) is 5.39 Å². The Labute approximate surface area is 202 Å². The van der Waals surface area contributed by atoms with Gasteiger partial charge in [0, 0.05) is 24.4 Å². The Morgan fingerprint density at radius 3 is 2.36 bits per heavy atom. The maximum absolute atomic E-state index is 14.5. The molecule has 2 aromatic carbocycles. The summed E-state index contributed by atoms with van der Waals surface area (Å²) in [6, 6.07) is 17.5. The van der Waals surface area contributed by atoms with Crippen molar-refractivity contribution in [2.45, 2.75) is 24.6 Å². The van der Waals surface area contributed by atoms with Gasteiger partial charge in [0.15, 0.2) is 6.10 Å². The first-order valence-corrected chi connectivity index (χ1v) is 10.5. The van der Waals surface area contributed by atoms with Crippen molar-refractivity contribution in [3.8, 4) is 11.6 Å². The molecule has 36 heavy (non-hydrogen) atoms. The first-order valence-electron chi connectivity index (χ1n) is 10.5. The van der Waals surface area contributed by atoms with E-state index in [4.69, 9.17) is 19.4 Å². The number of rotatable bonds is 4. The molecule has 0 radical (unpaired) electrons. The number of carbonyl (C=O) groups is 2. The summed E-state index contributed by atoms with van der Waals surface area (Å²) < 4.78 is 71.6. The summed E-state index contributed by atoms with van der Waals surface area (Å²) in [7, 11) is 1.47. The molecular formula is C24H21F5N2O5. The van der Waals surface area contributed by atoms with E-state index in [-0.39, 0.29) is 24.9 Å². The third kappa shape index (κ3) is 6.37. The van der Waals surface area contributed by atoms with Crippen LogP contribution >= 0.6 is 0 Å². The summed E-state index contributed by atoms with van der Waals surface area (Å²) in [6.45, 7) is -0.298. The molecule has 1 aliphatic heterocycles. The number of halogens is 5. The highest BCUT2D eigenvalue weighted by molar-refractivity contribution is 5.97. The van der Waals surface area contributed by atoms with Crippen LogP contribution in [-0.2, 0) is 4.79 Å².